The maximum absolute atomic E-state index is 2.72. The number of nitrogens with zero attached hydrogens (tertiary/aromatic N) is 2. The fourth-order valence-electron chi connectivity index (χ4n) is 9.38. The zero-order valence-corrected chi connectivity index (χ0v) is 29.1. The van der Waals surface area contributed by atoms with Gasteiger partial charge in [0.1, 0.15) is 0 Å². The van der Waals surface area contributed by atoms with Gasteiger partial charge >= 0.3 is 0 Å². The molecule has 3 heteroatoms. The molecule has 0 N–H and O–H groups in total. The largest absolute Gasteiger partial charge is 0.336 e. The van der Waals surface area contributed by atoms with Crippen molar-refractivity contribution in [1.82, 2.24) is 9.13 Å². The molecule has 2 aromatic heterocycles. The molecule has 2 nitrogen and oxygen atoms in total. The van der Waals surface area contributed by atoms with Crippen molar-refractivity contribution in [1.29, 1.82) is 0 Å². The Morgan fingerprint density at radius 1 is 0.451 bits per heavy atom. The van der Waals surface area contributed by atoms with Crippen molar-refractivity contribution in [2.24, 2.45) is 0 Å². The van der Waals surface area contributed by atoms with Crippen LogP contribution in [0.5, 0.6) is 0 Å². The van der Waals surface area contributed by atoms with Gasteiger partial charge in [-0.1, -0.05) is 116 Å². The number of fused-ring (bicyclic) bond motifs is 9. The summed E-state index contributed by atoms with van der Waals surface area (Å²) in [4.78, 5) is 1.47. The van der Waals surface area contributed by atoms with Crippen molar-refractivity contribution in [3.8, 4) is 27.9 Å². The second-order valence-corrected chi connectivity index (χ2v) is 15.6. The van der Waals surface area contributed by atoms with Crippen LogP contribution in [-0.2, 0) is 0 Å². The van der Waals surface area contributed by atoms with Crippen LogP contribution in [0.2, 0.25) is 0 Å². The van der Waals surface area contributed by atoms with E-state index in [0.29, 0.717) is 17.2 Å². The normalized spacial score (nSPS) is 18.5. The number of hydrogen-bond donors (Lipinski definition) is 0. The molecule has 11 rings (SSSR count). The molecule has 1 fully saturated rings. The maximum Gasteiger partial charge on any atom is 0.0541 e. The van der Waals surface area contributed by atoms with Gasteiger partial charge in [0.15, 0.2) is 0 Å². The second-order valence-electron chi connectivity index (χ2n) is 14.3. The van der Waals surface area contributed by atoms with Crippen molar-refractivity contribution < 1.29 is 0 Å². The third-order valence-electron chi connectivity index (χ3n) is 11.6. The van der Waals surface area contributed by atoms with Gasteiger partial charge < -0.3 is 9.13 Å². The van der Waals surface area contributed by atoms with Crippen molar-refractivity contribution in [3.63, 3.8) is 0 Å². The van der Waals surface area contributed by atoms with Crippen LogP contribution in [0.1, 0.15) is 36.8 Å². The fourth-order valence-corrected chi connectivity index (χ4v) is 11.0. The minimum Gasteiger partial charge on any atom is -0.336 e. The van der Waals surface area contributed by atoms with Gasteiger partial charge in [0, 0.05) is 54.5 Å². The van der Waals surface area contributed by atoms with Crippen molar-refractivity contribution >= 4 is 55.4 Å². The molecular formula is C48H36N2S. The van der Waals surface area contributed by atoms with Gasteiger partial charge in [0.25, 0.3) is 0 Å². The molecule has 244 valence electrons. The van der Waals surface area contributed by atoms with Gasteiger partial charge in [-0.3, -0.25) is 0 Å². The fraction of sp³-hybridized carbons (Fsp3) is 0.125. The summed E-state index contributed by atoms with van der Waals surface area (Å²) in [6.07, 6.45) is 3.73. The van der Waals surface area contributed by atoms with Crippen LogP contribution in [-0.4, -0.2) is 14.4 Å². The first-order valence-electron chi connectivity index (χ1n) is 18.3. The van der Waals surface area contributed by atoms with Crippen molar-refractivity contribution in [2.75, 3.05) is 0 Å². The summed E-state index contributed by atoms with van der Waals surface area (Å²) < 4.78 is 5.13. The monoisotopic (exact) mass is 672 g/mol. The van der Waals surface area contributed by atoms with E-state index < -0.39 is 0 Å². The molecule has 1 aliphatic heterocycles. The van der Waals surface area contributed by atoms with E-state index in [2.05, 4.69) is 185 Å². The highest BCUT2D eigenvalue weighted by molar-refractivity contribution is 8.00. The van der Waals surface area contributed by atoms with Gasteiger partial charge in [0.05, 0.1) is 11.0 Å². The predicted octanol–water partition coefficient (Wildman–Crippen LogP) is 13.2. The minimum atomic E-state index is 0.438. The molecule has 1 aliphatic carbocycles. The van der Waals surface area contributed by atoms with E-state index in [0.717, 1.165) is 0 Å². The van der Waals surface area contributed by atoms with Crippen molar-refractivity contribution in [3.05, 3.63) is 169 Å². The van der Waals surface area contributed by atoms with Crippen molar-refractivity contribution in [2.45, 2.75) is 41.4 Å². The molecule has 9 aromatic rings. The van der Waals surface area contributed by atoms with Gasteiger partial charge in [-0.25, -0.2) is 0 Å². The van der Waals surface area contributed by atoms with E-state index >= 15 is 0 Å². The van der Waals surface area contributed by atoms with E-state index in [1.165, 1.54) is 95.7 Å². The minimum absolute atomic E-state index is 0.438. The SMILES string of the molecule is c1ccc(-c2ccc3c(c2)C2CCCC(n4c5ccccc5c5cc(-c6cccc(-n7c8ccccc8c8ccccc87)c6)ccc54)C2S3)cc1. The first-order chi connectivity index (χ1) is 25.3. The third kappa shape index (κ3) is 4.51. The molecule has 3 atom stereocenters. The number of para-hydroxylation sites is 3. The number of rotatable bonds is 4. The lowest BCUT2D eigenvalue weighted by atomic mass is 9.80. The van der Waals surface area contributed by atoms with Crippen LogP contribution in [0.4, 0.5) is 0 Å². The van der Waals surface area contributed by atoms with E-state index in [-0.39, 0.29) is 0 Å². The predicted molar refractivity (Wildman–Crippen MR) is 216 cm³/mol. The summed E-state index contributed by atoms with van der Waals surface area (Å²) in [5.74, 6) is 0.575. The molecule has 0 spiro atoms. The molecule has 0 amide bonds. The Morgan fingerprint density at radius 2 is 1.06 bits per heavy atom. The molecule has 7 aromatic carbocycles. The van der Waals surface area contributed by atoms with E-state index in [1.807, 2.05) is 0 Å². The summed E-state index contributed by atoms with van der Waals surface area (Å²) >= 11 is 2.13. The average molecular weight is 673 g/mol. The van der Waals surface area contributed by atoms with Gasteiger partial charge in [-0.2, -0.15) is 0 Å². The summed E-state index contributed by atoms with van der Waals surface area (Å²) in [5, 5.41) is 5.80. The van der Waals surface area contributed by atoms with Crippen LogP contribution in [0.3, 0.4) is 0 Å². The topological polar surface area (TPSA) is 9.86 Å². The first-order valence-corrected chi connectivity index (χ1v) is 19.2. The highest BCUT2D eigenvalue weighted by Gasteiger charge is 2.42. The summed E-state index contributed by atoms with van der Waals surface area (Å²) in [6, 6.07) is 61.4. The molecular weight excluding hydrogens is 637 g/mol. The van der Waals surface area contributed by atoms with Gasteiger partial charge in [-0.15, -0.1) is 11.8 Å². The molecule has 3 unspecified atom stereocenters. The van der Waals surface area contributed by atoms with Crippen LogP contribution in [0.15, 0.2) is 169 Å². The van der Waals surface area contributed by atoms with E-state index in [1.54, 1.807) is 5.56 Å². The van der Waals surface area contributed by atoms with E-state index in [4.69, 9.17) is 0 Å². The number of thioether (sulfide) groups is 1. The Kier molecular flexibility index (Phi) is 6.60. The zero-order chi connectivity index (χ0) is 33.5. The Hall–Kier alpha value is -5.51. The van der Waals surface area contributed by atoms with Crippen LogP contribution >= 0.6 is 11.8 Å². The van der Waals surface area contributed by atoms with Crippen LogP contribution < -0.4 is 0 Å². The lowest BCUT2D eigenvalue weighted by Crippen LogP contribution is -2.29. The Morgan fingerprint density at radius 3 is 1.84 bits per heavy atom. The standard InChI is InChI=1S/C48H36N2S/c1-2-12-31(13-3-1)33-25-27-47-41(30-33)39-19-11-23-46(48(39)51-47)50-44-22-9-6-18-38(44)40-29-34(24-26-45(40)50)32-14-10-15-35(28-32)49-42-20-7-4-16-36(42)37-17-5-8-21-43(37)49/h1-10,12-18,20-22,24-30,39,46,48H,11,19,23H2. The number of aromatic nitrogens is 2. The summed E-state index contributed by atoms with van der Waals surface area (Å²) in [6.45, 7) is 0. The molecule has 0 radical (unpaired) electrons. The molecule has 2 aliphatic rings. The quantitative estimate of drug-likeness (QED) is 0.181. The smallest absolute Gasteiger partial charge is 0.0541 e. The Labute approximate surface area is 302 Å². The molecule has 0 saturated heterocycles. The van der Waals surface area contributed by atoms with Gasteiger partial charge in [-0.05, 0) is 101 Å². The lowest BCUT2D eigenvalue weighted by Gasteiger charge is -2.35. The Bertz CT molecular complexity index is 2730. The summed E-state index contributed by atoms with van der Waals surface area (Å²) in [5.41, 5.74) is 13.1. The van der Waals surface area contributed by atoms with Crippen LogP contribution in [0, 0.1) is 0 Å². The van der Waals surface area contributed by atoms with Gasteiger partial charge in [0.2, 0.25) is 0 Å². The molecule has 1 saturated carbocycles. The third-order valence-corrected chi connectivity index (χ3v) is 13.2. The molecule has 51 heavy (non-hydrogen) atoms. The number of hydrogen-bond acceptors (Lipinski definition) is 1. The summed E-state index contributed by atoms with van der Waals surface area (Å²) in [7, 11) is 0. The number of benzene rings is 7. The Balaban J connectivity index is 1.01. The molecule has 0 bridgehead atoms. The highest BCUT2D eigenvalue weighted by Crippen LogP contribution is 2.57. The average Bonchev–Trinajstić information content (AvgIpc) is 3.86. The maximum atomic E-state index is 2.72. The highest BCUT2D eigenvalue weighted by atomic mass is 32.2. The molecule has 3 heterocycles. The second kappa shape index (κ2) is 11.5. The lowest BCUT2D eigenvalue weighted by molar-refractivity contribution is 0.347. The first kappa shape index (κ1) is 29.2. The van der Waals surface area contributed by atoms with Crippen LogP contribution in [0.25, 0.3) is 71.6 Å². The zero-order valence-electron chi connectivity index (χ0n) is 28.2. The van der Waals surface area contributed by atoms with E-state index in [9.17, 15) is 0 Å².